The molecule has 0 bridgehead atoms. The van der Waals surface area contributed by atoms with Crippen molar-refractivity contribution in [2.45, 2.75) is 19.4 Å². The Morgan fingerprint density at radius 3 is 3.06 bits per heavy atom. The van der Waals surface area contributed by atoms with Crippen molar-refractivity contribution in [1.29, 1.82) is 0 Å². The quantitative estimate of drug-likeness (QED) is 0.903. The first-order valence-electron chi connectivity index (χ1n) is 6.01. The molecule has 2 rings (SSSR count). The molecule has 0 aliphatic carbocycles. The zero-order valence-corrected chi connectivity index (χ0v) is 12.6. The normalized spacial score (nSPS) is 19.9. The minimum Gasteiger partial charge on any atom is -0.340 e. The van der Waals surface area contributed by atoms with Crippen LogP contribution in [0, 0.1) is 0 Å². The summed E-state index contributed by atoms with van der Waals surface area (Å²) in [4.78, 5) is 14.1. The summed E-state index contributed by atoms with van der Waals surface area (Å²) in [7, 11) is 0. The van der Waals surface area contributed by atoms with Gasteiger partial charge in [0.1, 0.15) is 0 Å². The van der Waals surface area contributed by atoms with E-state index in [1.165, 1.54) is 0 Å². The second-order valence-corrected chi connectivity index (χ2v) is 5.88. The molecule has 1 saturated heterocycles. The lowest BCUT2D eigenvalue weighted by atomic mass is 10.1. The van der Waals surface area contributed by atoms with Crippen LogP contribution in [-0.4, -0.2) is 36.5 Å². The van der Waals surface area contributed by atoms with E-state index in [2.05, 4.69) is 28.2 Å². The average molecular weight is 332 g/mol. The fourth-order valence-corrected chi connectivity index (χ4v) is 2.64. The molecule has 3 nitrogen and oxygen atoms in total. The summed E-state index contributed by atoms with van der Waals surface area (Å²) in [5.74, 6) is 0.178. The topological polar surface area (TPSA) is 32.3 Å². The van der Waals surface area contributed by atoms with E-state index in [9.17, 15) is 4.79 Å². The molecule has 0 saturated carbocycles. The number of nitrogens with one attached hydrogen (secondary N) is 1. The molecule has 1 aromatic carbocycles. The van der Waals surface area contributed by atoms with Crippen LogP contribution in [-0.2, 0) is 11.2 Å². The van der Waals surface area contributed by atoms with Crippen LogP contribution in [0.1, 0.15) is 12.5 Å². The molecule has 98 valence electrons. The number of rotatable bonds is 2. The molecular weight excluding hydrogens is 316 g/mol. The number of piperazine rings is 1. The largest absolute Gasteiger partial charge is 0.340 e. The second kappa shape index (κ2) is 6.04. The van der Waals surface area contributed by atoms with Crippen LogP contribution in [0.2, 0.25) is 5.02 Å². The third kappa shape index (κ3) is 3.46. The number of halogens is 2. The molecule has 5 heteroatoms. The molecular formula is C13H16BrClN2O. The first-order chi connectivity index (χ1) is 8.56. The Bertz CT molecular complexity index is 453. The summed E-state index contributed by atoms with van der Waals surface area (Å²) in [6.07, 6.45) is 0.433. The van der Waals surface area contributed by atoms with E-state index in [1.807, 2.05) is 23.1 Å². The van der Waals surface area contributed by atoms with Crippen LogP contribution in [0.3, 0.4) is 0 Å². The standard InChI is InChI=1S/C13H16BrClN2O/c1-9-8-17(5-4-16-9)13(18)7-10-2-3-12(15)11(14)6-10/h2-3,6,9,16H,4-5,7-8H2,1H3. The van der Waals surface area contributed by atoms with Gasteiger partial charge in [0.15, 0.2) is 0 Å². The minimum absolute atomic E-state index is 0.178. The Morgan fingerprint density at radius 2 is 2.39 bits per heavy atom. The average Bonchev–Trinajstić information content (AvgIpc) is 2.34. The van der Waals surface area contributed by atoms with Crippen molar-refractivity contribution in [3.8, 4) is 0 Å². The summed E-state index contributed by atoms with van der Waals surface area (Å²) in [6, 6.07) is 6.00. The molecule has 0 spiro atoms. The number of benzene rings is 1. The highest BCUT2D eigenvalue weighted by Gasteiger charge is 2.20. The summed E-state index contributed by atoms with van der Waals surface area (Å²) < 4.78 is 0.836. The Labute approximate surface area is 121 Å². The second-order valence-electron chi connectivity index (χ2n) is 4.62. The predicted octanol–water partition coefficient (Wildman–Crippen LogP) is 2.47. The maximum atomic E-state index is 12.2. The summed E-state index contributed by atoms with van der Waals surface area (Å²) in [5.41, 5.74) is 0.988. The van der Waals surface area contributed by atoms with Crippen LogP contribution in [0.15, 0.2) is 22.7 Å². The fourth-order valence-electron chi connectivity index (χ4n) is 2.09. The van der Waals surface area contributed by atoms with Crippen molar-refractivity contribution < 1.29 is 4.79 Å². The maximum absolute atomic E-state index is 12.2. The smallest absolute Gasteiger partial charge is 0.227 e. The van der Waals surface area contributed by atoms with Gasteiger partial charge in [-0.2, -0.15) is 0 Å². The molecule has 1 aliphatic heterocycles. The predicted molar refractivity (Wildman–Crippen MR) is 76.9 cm³/mol. The summed E-state index contributed by atoms with van der Waals surface area (Å²) >= 11 is 9.31. The molecule has 0 radical (unpaired) electrons. The van der Waals surface area contributed by atoms with Crippen LogP contribution in [0.4, 0.5) is 0 Å². The van der Waals surface area contributed by atoms with Crippen LogP contribution in [0.5, 0.6) is 0 Å². The maximum Gasteiger partial charge on any atom is 0.227 e. The van der Waals surface area contributed by atoms with Gasteiger partial charge >= 0.3 is 0 Å². The lowest BCUT2D eigenvalue weighted by Gasteiger charge is -2.32. The molecule has 1 aliphatic rings. The van der Waals surface area contributed by atoms with Gasteiger partial charge in [-0.15, -0.1) is 0 Å². The van der Waals surface area contributed by atoms with Crippen LogP contribution < -0.4 is 5.32 Å². The molecule has 1 unspecified atom stereocenters. The Hall–Kier alpha value is -0.580. The van der Waals surface area contributed by atoms with Crippen molar-refractivity contribution in [3.05, 3.63) is 33.3 Å². The molecule has 18 heavy (non-hydrogen) atoms. The van der Waals surface area contributed by atoms with Crippen molar-refractivity contribution in [2.75, 3.05) is 19.6 Å². The summed E-state index contributed by atoms with van der Waals surface area (Å²) in [5, 5.41) is 4.00. The van der Waals surface area contributed by atoms with Crippen molar-refractivity contribution in [3.63, 3.8) is 0 Å². The van der Waals surface area contributed by atoms with Crippen molar-refractivity contribution in [1.82, 2.24) is 10.2 Å². The lowest BCUT2D eigenvalue weighted by Crippen LogP contribution is -2.51. The number of carbonyl (C=O) groups excluding carboxylic acids is 1. The van der Waals surface area contributed by atoms with Gasteiger partial charge in [-0.05, 0) is 40.5 Å². The van der Waals surface area contributed by atoms with Gasteiger partial charge in [0, 0.05) is 30.1 Å². The highest BCUT2D eigenvalue weighted by molar-refractivity contribution is 9.10. The Kier molecular flexibility index (Phi) is 4.65. The Morgan fingerprint density at radius 1 is 1.61 bits per heavy atom. The molecule has 1 amide bonds. The molecule has 1 aromatic rings. The molecule has 1 heterocycles. The van der Waals surface area contributed by atoms with Crippen molar-refractivity contribution in [2.24, 2.45) is 0 Å². The third-order valence-electron chi connectivity index (χ3n) is 3.06. The van der Waals surface area contributed by atoms with E-state index in [-0.39, 0.29) is 5.91 Å². The zero-order valence-electron chi connectivity index (χ0n) is 10.2. The number of nitrogens with zero attached hydrogens (tertiary/aromatic N) is 1. The zero-order chi connectivity index (χ0) is 13.1. The van der Waals surface area contributed by atoms with Gasteiger partial charge in [0.25, 0.3) is 0 Å². The number of hydrogen-bond acceptors (Lipinski definition) is 2. The first kappa shape index (κ1) is 13.8. The van der Waals surface area contributed by atoms with E-state index in [4.69, 9.17) is 11.6 Å². The summed E-state index contributed by atoms with van der Waals surface area (Å²) in [6.45, 7) is 4.54. The monoisotopic (exact) mass is 330 g/mol. The molecule has 0 aromatic heterocycles. The van der Waals surface area contributed by atoms with Crippen LogP contribution in [0.25, 0.3) is 0 Å². The highest BCUT2D eigenvalue weighted by Crippen LogP contribution is 2.23. The van der Waals surface area contributed by atoms with E-state index in [0.29, 0.717) is 17.5 Å². The van der Waals surface area contributed by atoms with Gasteiger partial charge in [-0.3, -0.25) is 4.79 Å². The Balaban J connectivity index is 2.00. The lowest BCUT2D eigenvalue weighted by molar-refractivity contribution is -0.131. The van der Waals surface area contributed by atoms with Gasteiger partial charge in [-0.25, -0.2) is 0 Å². The van der Waals surface area contributed by atoms with E-state index in [1.54, 1.807) is 0 Å². The third-order valence-corrected chi connectivity index (χ3v) is 4.27. The van der Waals surface area contributed by atoms with E-state index in [0.717, 1.165) is 29.7 Å². The molecule has 1 N–H and O–H groups in total. The first-order valence-corrected chi connectivity index (χ1v) is 7.18. The SMILES string of the molecule is CC1CN(C(=O)Cc2ccc(Cl)c(Br)c2)CCN1. The van der Waals surface area contributed by atoms with Crippen LogP contribution >= 0.6 is 27.5 Å². The van der Waals surface area contributed by atoms with Gasteiger partial charge in [0.05, 0.1) is 11.4 Å². The number of carbonyl (C=O) groups is 1. The highest BCUT2D eigenvalue weighted by atomic mass is 79.9. The fraction of sp³-hybridized carbons (Fsp3) is 0.462. The minimum atomic E-state index is 0.178. The molecule has 1 atom stereocenters. The van der Waals surface area contributed by atoms with Gasteiger partial charge < -0.3 is 10.2 Å². The van der Waals surface area contributed by atoms with E-state index < -0.39 is 0 Å². The van der Waals surface area contributed by atoms with Gasteiger partial charge in [0.2, 0.25) is 5.91 Å². The number of amides is 1. The van der Waals surface area contributed by atoms with E-state index >= 15 is 0 Å². The number of hydrogen-bond donors (Lipinski definition) is 1. The molecule has 1 fully saturated rings. The van der Waals surface area contributed by atoms with Gasteiger partial charge in [-0.1, -0.05) is 17.7 Å². The van der Waals surface area contributed by atoms with Crippen molar-refractivity contribution >= 4 is 33.4 Å².